The fourth-order valence-corrected chi connectivity index (χ4v) is 6.06. The largest absolute Gasteiger partial charge is 0.370 e. The first-order chi connectivity index (χ1) is 13.7. The van der Waals surface area contributed by atoms with E-state index in [1.165, 1.54) is 22.8 Å². The van der Waals surface area contributed by atoms with Gasteiger partial charge in [0.25, 0.3) is 0 Å². The van der Waals surface area contributed by atoms with Crippen LogP contribution in [0.25, 0.3) is 10.8 Å². The lowest BCUT2D eigenvalue weighted by molar-refractivity contribution is -0.122. The molecular formula is C24H28N2O2. The second-order valence-corrected chi connectivity index (χ2v) is 9.36. The molecule has 0 aromatic heterocycles. The number of ether oxygens (including phenoxy) is 1. The molecule has 1 spiro atoms. The third kappa shape index (κ3) is 2.69. The number of amides is 1. The molecule has 4 atom stereocenters. The van der Waals surface area contributed by atoms with E-state index in [-0.39, 0.29) is 11.5 Å². The van der Waals surface area contributed by atoms with Crippen molar-refractivity contribution in [1.82, 2.24) is 10.2 Å². The Morgan fingerprint density at radius 2 is 2.00 bits per heavy atom. The molecule has 3 aliphatic heterocycles. The van der Waals surface area contributed by atoms with Gasteiger partial charge in [0.15, 0.2) is 0 Å². The van der Waals surface area contributed by atoms with Gasteiger partial charge in [0.05, 0.1) is 11.7 Å². The van der Waals surface area contributed by atoms with Gasteiger partial charge in [-0.2, -0.15) is 0 Å². The van der Waals surface area contributed by atoms with Gasteiger partial charge in [0.2, 0.25) is 5.91 Å². The Kier molecular flexibility index (Phi) is 3.82. The predicted molar refractivity (Wildman–Crippen MR) is 109 cm³/mol. The van der Waals surface area contributed by atoms with E-state index in [9.17, 15) is 4.79 Å². The van der Waals surface area contributed by atoms with Crippen LogP contribution in [0.15, 0.2) is 42.5 Å². The monoisotopic (exact) mass is 376 g/mol. The molecule has 6 rings (SSSR count). The molecule has 4 heteroatoms. The fourth-order valence-electron chi connectivity index (χ4n) is 6.06. The Morgan fingerprint density at radius 3 is 2.89 bits per heavy atom. The van der Waals surface area contributed by atoms with Gasteiger partial charge in [-0.25, -0.2) is 0 Å². The van der Waals surface area contributed by atoms with Crippen molar-refractivity contribution in [2.45, 2.75) is 43.9 Å². The minimum Gasteiger partial charge on any atom is -0.370 e. The maximum Gasteiger partial charge on any atom is 0.223 e. The number of carbonyl (C=O) groups is 1. The van der Waals surface area contributed by atoms with Crippen molar-refractivity contribution in [3.8, 4) is 0 Å². The molecule has 2 bridgehead atoms. The highest BCUT2D eigenvalue weighted by molar-refractivity contribution is 5.85. The standard InChI is InChI=1S/C24H28N2O2/c27-23(17-8-9-17)25-12-20-21-14-26(15-24(21)11-10-22(20)28-24)13-18-6-3-5-16-4-1-2-7-19(16)18/h1-7,17,20-22H,8-15H2,(H,25,27)/t20-,21+,22+,24+/m0/s1. The van der Waals surface area contributed by atoms with Gasteiger partial charge in [-0.3, -0.25) is 9.69 Å². The smallest absolute Gasteiger partial charge is 0.223 e. The summed E-state index contributed by atoms with van der Waals surface area (Å²) in [5.74, 6) is 1.59. The SMILES string of the molecule is O=C(NC[C@H]1[C@H]2CN(Cc3cccc4ccccc34)C[C@]23CC[C@H]1O3)C1CC1. The molecule has 28 heavy (non-hydrogen) atoms. The summed E-state index contributed by atoms with van der Waals surface area (Å²) >= 11 is 0. The summed E-state index contributed by atoms with van der Waals surface area (Å²) in [6, 6.07) is 15.3. The van der Waals surface area contributed by atoms with Gasteiger partial charge in [0.1, 0.15) is 0 Å². The molecule has 1 N–H and O–H groups in total. The van der Waals surface area contributed by atoms with E-state index in [1.807, 2.05) is 0 Å². The van der Waals surface area contributed by atoms with Crippen molar-refractivity contribution in [3.05, 3.63) is 48.0 Å². The first-order valence-corrected chi connectivity index (χ1v) is 10.9. The minimum atomic E-state index is 0.0320. The van der Waals surface area contributed by atoms with E-state index in [1.54, 1.807) is 0 Å². The molecule has 4 fully saturated rings. The van der Waals surface area contributed by atoms with E-state index >= 15 is 0 Å². The molecule has 1 aliphatic carbocycles. The van der Waals surface area contributed by atoms with Crippen molar-refractivity contribution in [2.75, 3.05) is 19.6 Å². The summed E-state index contributed by atoms with van der Waals surface area (Å²) in [6.07, 6.45) is 4.83. The summed E-state index contributed by atoms with van der Waals surface area (Å²) < 4.78 is 6.57. The summed E-state index contributed by atoms with van der Waals surface area (Å²) in [5, 5.41) is 5.91. The number of fused-ring (bicyclic) bond motifs is 2. The van der Waals surface area contributed by atoms with E-state index in [4.69, 9.17) is 4.74 Å². The predicted octanol–water partition coefficient (Wildman–Crippen LogP) is 3.35. The van der Waals surface area contributed by atoms with Crippen LogP contribution in [0.1, 0.15) is 31.2 Å². The lowest BCUT2D eigenvalue weighted by Gasteiger charge is -2.29. The maximum absolute atomic E-state index is 12.1. The van der Waals surface area contributed by atoms with Crippen LogP contribution in [0.2, 0.25) is 0 Å². The van der Waals surface area contributed by atoms with E-state index in [0.717, 1.165) is 45.4 Å². The van der Waals surface area contributed by atoms with Gasteiger partial charge in [-0.15, -0.1) is 0 Å². The Labute approximate surface area is 166 Å². The Bertz CT molecular complexity index is 918. The van der Waals surface area contributed by atoms with E-state index in [2.05, 4.69) is 52.7 Å². The molecule has 2 aromatic carbocycles. The van der Waals surface area contributed by atoms with Crippen LogP contribution in [-0.4, -0.2) is 42.1 Å². The number of hydrogen-bond acceptors (Lipinski definition) is 3. The van der Waals surface area contributed by atoms with Crippen molar-refractivity contribution in [3.63, 3.8) is 0 Å². The van der Waals surface area contributed by atoms with Crippen molar-refractivity contribution < 1.29 is 9.53 Å². The molecule has 1 amide bonds. The molecule has 4 aliphatic rings. The molecule has 146 valence electrons. The van der Waals surface area contributed by atoms with Crippen LogP contribution in [0, 0.1) is 17.8 Å². The highest BCUT2D eigenvalue weighted by Crippen LogP contribution is 2.54. The number of benzene rings is 2. The number of nitrogens with zero attached hydrogens (tertiary/aromatic N) is 1. The van der Waals surface area contributed by atoms with Crippen molar-refractivity contribution in [1.29, 1.82) is 0 Å². The third-order valence-corrected chi connectivity index (χ3v) is 7.59. The number of hydrogen-bond donors (Lipinski definition) is 1. The molecule has 2 aromatic rings. The van der Waals surface area contributed by atoms with Crippen molar-refractivity contribution >= 4 is 16.7 Å². The second-order valence-electron chi connectivity index (χ2n) is 9.36. The number of rotatable bonds is 5. The highest BCUT2D eigenvalue weighted by Gasteiger charge is 2.62. The minimum absolute atomic E-state index is 0.0320. The number of nitrogens with one attached hydrogen (secondary N) is 1. The zero-order chi connectivity index (χ0) is 18.7. The average Bonchev–Trinajstić information content (AvgIpc) is 3.31. The lowest BCUT2D eigenvalue weighted by Crippen LogP contribution is -2.42. The number of likely N-dealkylation sites (tertiary alicyclic amines) is 1. The third-order valence-electron chi connectivity index (χ3n) is 7.59. The summed E-state index contributed by atoms with van der Waals surface area (Å²) in [4.78, 5) is 14.7. The number of carbonyl (C=O) groups excluding carboxylic acids is 1. The second kappa shape index (κ2) is 6.30. The molecule has 3 heterocycles. The Balaban J connectivity index is 1.19. The first kappa shape index (κ1) is 17.0. The van der Waals surface area contributed by atoms with Gasteiger partial charge in [-0.05, 0) is 42.0 Å². The maximum atomic E-state index is 12.1. The van der Waals surface area contributed by atoms with E-state index < -0.39 is 0 Å². The average molecular weight is 377 g/mol. The Hall–Kier alpha value is -1.91. The van der Waals surface area contributed by atoms with E-state index in [0.29, 0.717) is 23.9 Å². The van der Waals surface area contributed by atoms with Gasteiger partial charge in [-0.1, -0.05) is 42.5 Å². The molecule has 1 saturated carbocycles. The highest BCUT2D eigenvalue weighted by atomic mass is 16.5. The van der Waals surface area contributed by atoms with Gasteiger partial charge >= 0.3 is 0 Å². The molecule has 0 radical (unpaired) electrons. The lowest BCUT2D eigenvalue weighted by atomic mass is 9.73. The van der Waals surface area contributed by atoms with Gasteiger partial charge in [0, 0.05) is 43.9 Å². The summed E-state index contributed by atoms with van der Waals surface area (Å²) in [7, 11) is 0. The summed E-state index contributed by atoms with van der Waals surface area (Å²) in [5.41, 5.74) is 1.44. The fraction of sp³-hybridized carbons (Fsp3) is 0.542. The quantitative estimate of drug-likeness (QED) is 0.870. The molecule has 3 saturated heterocycles. The van der Waals surface area contributed by atoms with Crippen LogP contribution in [0.3, 0.4) is 0 Å². The normalized spacial score (nSPS) is 34.1. The van der Waals surface area contributed by atoms with Crippen LogP contribution in [-0.2, 0) is 16.1 Å². The van der Waals surface area contributed by atoms with Crippen molar-refractivity contribution in [2.24, 2.45) is 17.8 Å². The van der Waals surface area contributed by atoms with Crippen LogP contribution in [0.4, 0.5) is 0 Å². The zero-order valence-corrected chi connectivity index (χ0v) is 16.3. The first-order valence-electron chi connectivity index (χ1n) is 10.9. The van der Waals surface area contributed by atoms with Crippen LogP contribution < -0.4 is 5.32 Å². The van der Waals surface area contributed by atoms with Gasteiger partial charge < -0.3 is 10.1 Å². The van der Waals surface area contributed by atoms with Crippen LogP contribution >= 0.6 is 0 Å². The molecular weight excluding hydrogens is 348 g/mol. The topological polar surface area (TPSA) is 41.6 Å². The Morgan fingerprint density at radius 1 is 1.14 bits per heavy atom. The molecule has 4 nitrogen and oxygen atoms in total. The zero-order valence-electron chi connectivity index (χ0n) is 16.3. The molecule has 0 unspecified atom stereocenters. The summed E-state index contributed by atoms with van der Waals surface area (Å²) in [6.45, 7) is 3.90. The van der Waals surface area contributed by atoms with Crippen LogP contribution in [0.5, 0.6) is 0 Å².